The number of aliphatic hydroxyl groups excluding tert-OH is 1. The Bertz CT molecular complexity index is 1060. The number of amides is 1. The lowest BCUT2D eigenvalue weighted by Gasteiger charge is -2.37. The molecule has 0 spiro atoms. The summed E-state index contributed by atoms with van der Waals surface area (Å²) in [7, 11) is -2.18. The Balaban J connectivity index is 1.99. The third kappa shape index (κ3) is 5.20. The maximum atomic E-state index is 13.3. The lowest BCUT2D eigenvalue weighted by atomic mass is 9.99. The van der Waals surface area contributed by atoms with Crippen LogP contribution in [0.25, 0.3) is 0 Å². The molecule has 10 heteroatoms. The van der Waals surface area contributed by atoms with Crippen LogP contribution in [-0.4, -0.2) is 63.2 Å². The Morgan fingerprint density at radius 3 is 2.56 bits per heavy atom. The highest BCUT2D eigenvalue weighted by Gasteiger charge is 2.33. The predicted octanol–water partition coefficient (Wildman–Crippen LogP) is 2.07. The van der Waals surface area contributed by atoms with Crippen molar-refractivity contribution < 1.29 is 27.4 Å². The molecule has 1 aliphatic rings. The second-order valence-corrected chi connectivity index (χ2v) is 9.63. The summed E-state index contributed by atoms with van der Waals surface area (Å²) in [4.78, 5) is 14.8. The molecule has 3 atom stereocenters. The van der Waals surface area contributed by atoms with Gasteiger partial charge in [0.1, 0.15) is 17.7 Å². The topological polar surface area (TPSA) is 108 Å². The average molecular weight is 466 g/mol. The number of sulfonamides is 1. The van der Waals surface area contributed by atoms with Gasteiger partial charge >= 0.3 is 0 Å². The van der Waals surface area contributed by atoms with Crippen molar-refractivity contribution in [3.63, 3.8) is 0 Å². The summed E-state index contributed by atoms with van der Waals surface area (Å²) in [6.07, 6.45) is -0.234. The van der Waals surface area contributed by atoms with Crippen molar-refractivity contribution in [3.8, 4) is 5.75 Å². The van der Waals surface area contributed by atoms with E-state index in [1.807, 2.05) is 14.0 Å². The Morgan fingerprint density at radius 1 is 1.25 bits per heavy atom. The largest absolute Gasteiger partial charge is 0.488 e. The van der Waals surface area contributed by atoms with Crippen LogP contribution in [0.5, 0.6) is 5.75 Å². The highest BCUT2D eigenvalue weighted by atomic mass is 32.2. The molecule has 1 aliphatic heterocycles. The fraction of sp³-hybridized carbons (Fsp3) is 0.409. The molecule has 0 fully saturated rings. The van der Waals surface area contributed by atoms with Crippen molar-refractivity contribution >= 4 is 21.6 Å². The van der Waals surface area contributed by atoms with Gasteiger partial charge in [-0.2, -0.15) is 0 Å². The molecule has 0 saturated heterocycles. The summed E-state index contributed by atoms with van der Waals surface area (Å²) in [5.41, 5.74) is 0.359. The maximum Gasteiger partial charge on any atom is 0.261 e. The smallest absolute Gasteiger partial charge is 0.261 e. The third-order valence-electron chi connectivity index (χ3n) is 5.45. The van der Waals surface area contributed by atoms with Crippen LogP contribution in [0.4, 0.5) is 10.1 Å². The third-order valence-corrected chi connectivity index (χ3v) is 6.84. The number of ether oxygens (including phenoxy) is 1. The molecule has 8 nitrogen and oxygen atoms in total. The molecule has 0 aromatic heterocycles. The molecule has 174 valence electrons. The van der Waals surface area contributed by atoms with Gasteiger partial charge in [0.15, 0.2) is 0 Å². The molecule has 0 aliphatic carbocycles. The van der Waals surface area contributed by atoms with E-state index in [4.69, 9.17) is 4.74 Å². The Kier molecular flexibility index (Phi) is 7.37. The van der Waals surface area contributed by atoms with E-state index in [1.165, 1.54) is 12.1 Å². The zero-order valence-electron chi connectivity index (χ0n) is 18.2. The van der Waals surface area contributed by atoms with Crippen molar-refractivity contribution in [2.45, 2.75) is 30.9 Å². The van der Waals surface area contributed by atoms with E-state index in [2.05, 4.69) is 10.0 Å². The number of halogens is 1. The number of hydrogen-bond donors (Lipinski definition) is 3. The van der Waals surface area contributed by atoms with Gasteiger partial charge in [0, 0.05) is 24.7 Å². The van der Waals surface area contributed by atoms with Crippen LogP contribution in [0.1, 0.15) is 24.2 Å². The minimum atomic E-state index is -3.99. The van der Waals surface area contributed by atoms with Crippen molar-refractivity contribution in [2.75, 3.05) is 31.5 Å². The Labute approximate surface area is 187 Å². The Morgan fingerprint density at radius 2 is 1.94 bits per heavy atom. The number of carbonyl (C=O) groups is 1. The van der Waals surface area contributed by atoms with Gasteiger partial charge in [-0.1, -0.05) is 6.92 Å². The van der Waals surface area contributed by atoms with Gasteiger partial charge in [0.05, 0.1) is 23.1 Å². The number of carbonyl (C=O) groups excluding carboxylic acids is 1. The van der Waals surface area contributed by atoms with E-state index in [1.54, 1.807) is 17.9 Å². The molecule has 0 radical (unpaired) electrons. The van der Waals surface area contributed by atoms with E-state index in [-0.39, 0.29) is 40.7 Å². The number of nitrogens with one attached hydrogen (secondary N) is 2. The summed E-state index contributed by atoms with van der Waals surface area (Å²) in [5.74, 6) is -0.581. The van der Waals surface area contributed by atoms with Crippen LogP contribution in [0.3, 0.4) is 0 Å². The van der Waals surface area contributed by atoms with Crippen molar-refractivity contribution in [1.29, 1.82) is 0 Å². The first-order valence-corrected chi connectivity index (χ1v) is 11.8. The fourth-order valence-electron chi connectivity index (χ4n) is 3.56. The summed E-state index contributed by atoms with van der Waals surface area (Å²) >= 11 is 0. The molecule has 0 saturated carbocycles. The number of fused-ring (bicyclic) bond motifs is 1. The van der Waals surface area contributed by atoms with Crippen molar-refractivity contribution in [2.24, 2.45) is 5.92 Å². The number of nitrogens with zero attached hydrogens (tertiary/aromatic N) is 1. The van der Waals surface area contributed by atoms with Crippen LogP contribution < -0.4 is 14.8 Å². The zero-order chi connectivity index (χ0) is 23.5. The van der Waals surface area contributed by atoms with Crippen LogP contribution in [0.15, 0.2) is 47.4 Å². The molecule has 0 unspecified atom stereocenters. The molecule has 32 heavy (non-hydrogen) atoms. The second kappa shape index (κ2) is 9.85. The Hall–Kier alpha value is -2.69. The SMILES string of the molecule is CNC[C@H]1Oc2ccc(NS(=O)(=O)c3ccc(F)cc3)cc2C(=O)N([C@@H](C)CO)C[C@H]1C. The maximum absolute atomic E-state index is 13.3. The lowest BCUT2D eigenvalue weighted by molar-refractivity contribution is 0.0416. The van der Waals surface area contributed by atoms with Crippen molar-refractivity contribution in [3.05, 3.63) is 53.8 Å². The normalized spacial score (nSPS) is 20.0. The van der Waals surface area contributed by atoms with Gasteiger partial charge in [-0.05, 0) is 56.4 Å². The molecule has 1 amide bonds. The van der Waals surface area contributed by atoms with Crippen molar-refractivity contribution in [1.82, 2.24) is 10.2 Å². The minimum Gasteiger partial charge on any atom is -0.488 e. The number of aliphatic hydroxyl groups is 1. The molecular formula is C22H28FN3O5S. The molecular weight excluding hydrogens is 437 g/mol. The summed E-state index contributed by atoms with van der Waals surface area (Å²) in [6.45, 7) is 4.44. The van der Waals surface area contributed by atoms with Crippen LogP contribution in [-0.2, 0) is 10.0 Å². The first-order chi connectivity index (χ1) is 15.2. The molecule has 1 heterocycles. The average Bonchev–Trinajstić information content (AvgIpc) is 2.76. The molecule has 3 N–H and O–H groups in total. The number of hydrogen-bond acceptors (Lipinski definition) is 6. The van der Waals surface area contributed by atoms with Gasteiger partial charge in [-0.15, -0.1) is 0 Å². The molecule has 0 bridgehead atoms. The van der Waals surface area contributed by atoms with Gasteiger partial charge in [0.25, 0.3) is 15.9 Å². The number of benzene rings is 2. The van der Waals surface area contributed by atoms with Gasteiger partial charge < -0.3 is 20.1 Å². The van der Waals surface area contributed by atoms with E-state index in [0.29, 0.717) is 18.8 Å². The first kappa shape index (κ1) is 24.0. The lowest BCUT2D eigenvalue weighted by Crippen LogP contribution is -2.49. The quantitative estimate of drug-likeness (QED) is 0.578. The first-order valence-electron chi connectivity index (χ1n) is 10.3. The number of likely N-dealkylation sites (N-methyl/N-ethyl adjacent to an activating group) is 1. The van der Waals surface area contributed by atoms with Gasteiger partial charge in [-0.3, -0.25) is 9.52 Å². The summed E-state index contributed by atoms with van der Waals surface area (Å²) in [5, 5.41) is 12.8. The van der Waals surface area contributed by atoms with E-state index in [0.717, 1.165) is 24.3 Å². The highest BCUT2D eigenvalue weighted by molar-refractivity contribution is 7.92. The molecule has 2 aromatic rings. The van der Waals surface area contributed by atoms with Gasteiger partial charge in [-0.25, -0.2) is 12.8 Å². The monoisotopic (exact) mass is 465 g/mol. The number of rotatable bonds is 7. The zero-order valence-corrected chi connectivity index (χ0v) is 19.0. The molecule has 3 rings (SSSR count). The van der Waals surface area contributed by atoms with Crippen LogP contribution in [0, 0.1) is 11.7 Å². The summed E-state index contributed by atoms with van der Waals surface area (Å²) < 4.78 is 47.1. The van der Waals surface area contributed by atoms with E-state index < -0.39 is 21.9 Å². The highest BCUT2D eigenvalue weighted by Crippen LogP contribution is 2.31. The molecule has 2 aromatic carbocycles. The predicted molar refractivity (Wildman–Crippen MR) is 119 cm³/mol. The fourth-order valence-corrected chi connectivity index (χ4v) is 4.61. The van der Waals surface area contributed by atoms with Crippen LogP contribution >= 0.6 is 0 Å². The van der Waals surface area contributed by atoms with Gasteiger partial charge in [0.2, 0.25) is 0 Å². The van der Waals surface area contributed by atoms with E-state index in [9.17, 15) is 22.7 Å². The summed E-state index contributed by atoms with van der Waals surface area (Å²) in [6, 6.07) is 8.50. The van der Waals surface area contributed by atoms with E-state index >= 15 is 0 Å². The second-order valence-electron chi connectivity index (χ2n) is 7.95. The van der Waals surface area contributed by atoms with Crippen LogP contribution in [0.2, 0.25) is 0 Å². The number of anilines is 1. The standard InChI is InChI=1S/C22H28FN3O5S/c1-14-12-26(15(2)13-27)22(28)19-10-17(6-9-20(19)31-21(14)11-24-3)25-32(29,30)18-7-4-16(23)5-8-18/h4-10,14-15,21,24-25,27H,11-13H2,1-3H3/t14-,15+,21-/m1/s1. The minimum absolute atomic E-state index is 0.00907.